The smallest absolute Gasteiger partial charge is 0.101 e. The van der Waals surface area contributed by atoms with Crippen molar-refractivity contribution in [2.75, 3.05) is 0 Å². The zero-order valence-electron chi connectivity index (χ0n) is 21.8. The van der Waals surface area contributed by atoms with E-state index >= 15 is 0 Å². The van der Waals surface area contributed by atoms with E-state index in [1.54, 1.807) is 11.3 Å². The molecule has 6 aromatic carbocycles. The van der Waals surface area contributed by atoms with Crippen LogP contribution >= 0.6 is 22.7 Å². The molecule has 0 spiro atoms. The fourth-order valence-corrected chi connectivity index (χ4v) is 8.79. The molecule has 0 amide bonds. The summed E-state index contributed by atoms with van der Waals surface area (Å²) in [6.45, 7) is 0. The number of para-hydroxylation sites is 2. The van der Waals surface area contributed by atoms with Gasteiger partial charge in [0.15, 0.2) is 0 Å². The van der Waals surface area contributed by atoms with Gasteiger partial charge in [0.05, 0.1) is 31.7 Å². The Kier molecular flexibility index (Phi) is 4.74. The van der Waals surface area contributed by atoms with Crippen molar-refractivity contribution in [3.8, 4) is 22.9 Å². The van der Waals surface area contributed by atoms with Crippen LogP contribution in [0.2, 0.25) is 0 Å². The van der Waals surface area contributed by atoms with Crippen molar-refractivity contribution in [2.45, 2.75) is 0 Å². The number of aromatic nitrogens is 1. The maximum Gasteiger partial charge on any atom is 0.101 e. The average molecular weight is 557 g/mol. The summed E-state index contributed by atoms with van der Waals surface area (Å²) in [4.78, 5) is 0. The quantitative estimate of drug-likeness (QED) is 0.208. The van der Waals surface area contributed by atoms with Crippen molar-refractivity contribution in [1.82, 2.24) is 4.57 Å². The van der Waals surface area contributed by atoms with Gasteiger partial charge in [-0.05, 0) is 53.6 Å². The van der Waals surface area contributed by atoms with E-state index in [2.05, 4.69) is 132 Å². The highest BCUT2D eigenvalue weighted by Gasteiger charge is 2.18. The second kappa shape index (κ2) is 8.52. The number of hydrogen-bond acceptors (Lipinski definition) is 3. The molecule has 0 aliphatic carbocycles. The molecule has 0 fully saturated rings. The Hall–Kier alpha value is -4.95. The minimum atomic E-state index is 0.725. The number of thiophene rings is 2. The number of rotatable bonds is 2. The third-order valence-corrected chi connectivity index (χ3v) is 10.6. The fraction of sp³-hybridized carbons (Fsp3) is 0. The van der Waals surface area contributed by atoms with Crippen LogP contribution in [0.3, 0.4) is 0 Å². The molecular formula is C37H20N2S2. The van der Waals surface area contributed by atoms with Crippen LogP contribution in [0.1, 0.15) is 5.56 Å². The Morgan fingerprint density at radius 2 is 1.17 bits per heavy atom. The monoisotopic (exact) mass is 556 g/mol. The molecule has 0 saturated carbocycles. The van der Waals surface area contributed by atoms with E-state index in [-0.39, 0.29) is 0 Å². The van der Waals surface area contributed by atoms with Gasteiger partial charge in [0.25, 0.3) is 0 Å². The lowest BCUT2D eigenvalue weighted by molar-refractivity contribution is 1.20. The standard InChI is InChI=1S/C37H20N2S2/c38-21-24-18-23(22-16-17-28-27-10-3-6-15-34(27)40-35(28)20-22)19-30-29-11-7-14-33(37(29)41-36(24)30)39-31-12-4-1-8-25(31)26-9-2-5-13-32(26)39/h1-20H. The van der Waals surface area contributed by atoms with Crippen molar-refractivity contribution < 1.29 is 0 Å². The lowest BCUT2D eigenvalue weighted by atomic mass is 9.99. The van der Waals surface area contributed by atoms with Crippen LogP contribution in [0.15, 0.2) is 121 Å². The maximum absolute atomic E-state index is 10.3. The van der Waals surface area contributed by atoms with Crippen LogP contribution in [0.4, 0.5) is 0 Å². The van der Waals surface area contributed by atoms with E-state index in [0.717, 1.165) is 32.5 Å². The summed E-state index contributed by atoms with van der Waals surface area (Å²) in [5.41, 5.74) is 6.48. The number of fused-ring (bicyclic) bond motifs is 9. The first-order valence-corrected chi connectivity index (χ1v) is 15.2. The number of hydrogen-bond donors (Lipinski definition) is 0. The SMILES string of the molecule is N#Cc1cc(-c2ccc3c(c2)sc2ccccc23)cc2c1sc1c(-n3c4ccccc4c4ccccc43)cccc12. The summed E-state index contributed by atoms with van der Waals surface area (Å²) in [5.74, 6) is 0. The molecule has 190 valence electrons. The van der Waals surface area contributed by atoms with Gasteiger partial charge in [-0.1, -0.05) is 78.9 Å². The Labute approximate surface area is 243 Å². The summed E-state index contributed by atoms with van der Waals surface area (Å²) in [6, 6.07) is 45.9. The Morgan fingerprint density at radius 1 is 0.488 bits per heavy atom. The zero-order chi connectivity index (χ0) is 27.1. The van der Waals surface area contributed by atoms with E-state index in [1.807, 2.05) is 11.3 Å². The Bertz CT molecular complexity index is 2500. The van der Waals surface area contributed by atoms with Crippen LogP contribution in [-0.2, 0) is 0 Å². The normalized spacial score (nSPS) is 11.9. The first-order valence-electron chi connectivity index (χ1n) is 13.6. The molecule has 3 heterocycles. The summed E-state index contributed by atoms with van der Waals surface area (Å²) >= 11 is 3.55. The molecular weight excluding hydrogens is 537 g/mol. The number of benzene rings is 6. The molecule has 0 unspecified atom stereocenters. The largest absolute Gasteiger partial charge is 0.308 e. The van der Waals surface area contributed by atoms with Crippen molar-refractivity contribution in [3.05, 3.63) is 127 Å². The van der Waals surface area contributed by atoms with E-state index in [1.165, 1.54) is 52.1 Å². The minimum absolute atomic E-state index is 0.725. The Balaban J connectivity index is 1.31. The summed E-state index contributed by atoms with van der Waals surface area (Å²) in [6.07, 6.45) is 0. The molecule has 4 heteroatoms. The van der Waals surface area contributed by atoms with Gasteiger partial charge in [-0.3, -0.25) is 0 Å². The molecule has 0 aliphatic heterocycles. The molecule has 41 heavy (non-hydrogen) atoms. The molecule has 9 aromatic rings. The summed E-state index contributed by atoms with van der Waals surface area (Å²) in [5, 5.41) is 17.7. The number of nitriles is 1. The second-order valence-electron chi connectivity index (χ2n) is 10.4. The van der Waals surface area contributed by atoms with Gasteiger partial charge < -0.3 is 4.57 Å². The topological polar surface area (TPSA) is 28.7 Å². The van der Waals surface area contributed by atoms with Gasteiger partial charge >= 0.3 is 0 Å². The summed E-state index contributed by atoms with van der Waals surface area (Å²) < 4.78 is 7.19. The molecule has 0 aliphatic rings. The summed E-state index contributed by atoms with van der Waals surface area (Å²) in [7, 11) is 0. The second-order valence-corrected chi connectivity index (χ2v) is 12.6. The van der Waals surface area contributed by atoms with E-state index < -0.39 is 0 Å². The van der Waals surface area contributed by atoms with Crippen LogP contribution in [0.25, 0.3) is 79.0 Å². The Morgan fingerprint density at radius 3 is 1.95 bits per heavy atom. The highest BCUT2D eigenvalue weighted by atomic mass is 32.1. The third-order valence-electron chi connectivity index (χ3n) is 8.23. The van der Waals surface area contributed by atoms with Crippen molar-refractivity contribution >= 4 is 84.8 Å². The first-order chi connectivity index (χ1) is 20.3. The van der Waals surface area contributed by atoms with Crippen LogP contribution in [0.5, 0.6) is 0 Å². The molecule has 0 radical (unpaired) electrons. The predicted octanol–water partition coefficient (Wildman–Crippen LogP) is 11.1. The predicted molar refractivity (Wildman–Crippen MR) is 177 cm³/mol. The van der Waals surface area contributed by atoms with Gasteiger partial charge in [0, 0.05) is 41.7 Å². The van der Waals surface area contributed by atoms with Crippen LogP contribution < -0.4 is 0 Å². The fourth-order valence-electron chi connectivity index (χ4n) is 6.40. The van der Waals surface area contributed by atoms with Crippen molar-refractivity contribution in [2.24, 2.45) is 0 Å². The van der Waals surface area contributed by atoms with Gasteiger partial charge in [-0.25, -0.2) is 0 Å². The first kappa shape index (κ1) is 22.8. The number of nitrogens with zero attached hydrogens (tertiary/aromatic N) is 2. The van der Waals surface area contributed by atoms with Crippen LogP contribution in [0, 0.1) is 11.3 Å². The minimum Gasteiger partial charge on any atom is -0.308 e. The third kappa shape index (κ3) is 3.22. The van der Waals surface area contributed by atoms with E-state index in [0.29, 0.717) is 0 Å². The van der Waals surface area contributed by atoms with Crippen molar-refractivity contribution in [1.29, 1.82) is 5.26 Å². The van der Waals surface area contributed by atoms with E-state index in [4.69, 9.17) is 0 Å². The van der Waals surface area contributed by atoms with Crippen molar-refractivity contribution in [3.63, 3.8) is 0 Å². The van der Waals surface area contributed by atoms with Crippen LogP contribution in [-0.4, -0.2) is 4.57 Å². The van der Waals surface area contributed by atoms with Gasteiger partial charge in [0.2, 0.25) is 0 Å². The van der Waals surface area contributed by atoms with Gasteiger partial charge in [-0.2, -0.15) is 5.26 Å². The molecule has 0 saturated heterocycles. The molecule has 0 atom stereocenters. The highest BCUT2D eigenvalue weighted by molar-refractivity contribution is 7.26. The lowest BCUT2D eigenvalue weighted by Gasteiger charge is -2.09. The maximum atomic E-state index is 10.3. The van der Waals surface area contributed by atoms with Gasteiger partial charge in [-0.15, -0.1) is 22.7 Å². The highest BCUT2D eigenvalue weighted by Crippen LogP contribution is 2.44. The molecule has 3 aromatic heterocycles. The molecule has 0 bridgehead atoms. The zero-order valence-corrected chi connectivity index (χ0v) is 23.4. The van der Waals surface area contributed by atoms with Gasteiger partial charge in [0.1, 0.15) is 6.07 Å². The molecule has 0 N–H and O–H groups in total. The molecule has 9 rings (SSSR count). The lowest BCUT2D eigenvalue weighted by Crippen LogP contribution is -1.93. The average Bonchev–Trinajstić information content (AvgIpc) is 3.70. The molecule has 2 nitrogen and oxygen atoms in total. The van der Waals surface area contributed by atoms with E-state index in [9.17, 15) is 5.26 Å².